The molecular formula is C22H22ClN5O3S. The molecule has 0 unspecified atom stereocenters. The summed E-state index contributed by atoms with van der Waals surface area (Å²) in [5.41, 5.74) is 0.884. The zero-order valence-electron chi connectivity index (χ0n) is 17.7. The molecule has 0 fully saturated rings. The number of ether oxygens (including phenoxy) is 2. The maximum Gasteiger partial charge on any atom is 0.226 e. The second-order valence-electron chi connectivity index (χ2n) is 6.65. The molecule has 0 aliphatic rings. The maximum absolute atomic E-state index is 6.08. The zero-order chi connectivity index (χ0) is 22.3. The highest BCUT2D eigenvalue weighted by Crippen LogP contribution is 2.26. The van der Waals surface area contributed by atoms with E-state index in [1.54, 1.807) is 0 Å². The van der Waals surface area contributed by atoms with Crippen molar-refractivity contribution in [3.63, 3.8) is 0 Å². The Bertz CT molecular complexity index is 1150. The predicted molar refractivity (Wildman–Crippen MR) is 122 cm³/mol. The van der Waals surface area contributed by atoms with Crippen LogP contribution in [0.25, 0.3) is 5.69 Å². The van der Waals surface area contributed by atoms with Crippen molar-refractivity contribution in [3.05, 3.63) is 71.1 Å². The zero-order valence-corrected chi connectivity index (χ0v) is 19.3. The van der Waals surface area contributed by atoms with Crippen molar-refractivity contribution in [2.24, 2.45) is 0 Å². The molecule has 0 amide bonds. The fourth-order valence-corrected chi connectivity index (χ4v) is 3.84. The predicted octanol–water partition coefficient (Wildman–Crippen LogP) is 5.14. The molecule has 2 aromatic carbocycles. The third-order valence-corrected chi connectivity index (χ3v) is 5.61. The van der Waals surface area contributed by atoms with Crippen LogP contribution in [0, 0.1) is 0 Å². The fraction of sp³-hybridized carbons (Fsp3) is 0.273. The summed E-state index contributed by atoms with van der Waals surface area (Å²) in [6.45, 7) is 4.78. The molecule has 32 heavy (non-hydrogen) atoms. The quantitative estimate of drug-likeness (QED) is 0.294. The summed E-state index contributed by atoms with van der Waals surface area (Å²) in [7, 11) is 0. The molecule has 166 valence electrons. The van der Waals surface area contributed by atoms with Gasteiger partial charge in [0, 0.05) is 17.1 Å². The first-order valence-corrected chi connectivity index (χ1v) is 11.5. The Morgan fingerprint density at radius 3 is 2.34 bits per heavy atom. The molecular weight excluding hydrogens is 450 g/mol. The van der Waals surface area contributed by atoms with Crippen LogP contribution in [-0.2, 0) is 18.8 Å². The number of halogens is 1. The molecule has 10 heteroatoms. The lowest BCUT2D eigenvalue weighted by atomic mass is 10.3. The SMILES string of the molecule is CCOc1ccc(OCc2nnc(SCc3noc(CC)n3)n2-c2ccc(Cl)cc2)cc1. The van der Waals surface area contributed by atoms with Crippen molar-refractivity contribution < 1.29 is 14.0 Å². The van der Waals surface area contributed by atoms with E-state index in [0.29, 0.717) is 52.2 Å². The molecule has 0 bridgehead atoms. The first kappa shape index (κ1) is 22.2. The van der Waals surface area contributed by atoms with Crippen LogP contribution in [-0.4, -0.2) is 31.5 Å². The van der Waals surface area contributed by atoms with Crippen LogP contribution in [0.2, 0.25) is 5.02 Å². The summed E-state index contributed by atoms with van der Waals surface area (Å²) in [6, 6.07) is 15.0. The normalized spacial score (nSPS) is 11.0. The van der Waals surface area contributed by atoms with Gasteiger partial charge in [-0.15, -0.1) is 10.2 Å². The van der Waals surface area contributed by atoms with E-state index in [2.05, 4.69) is 20.3 Å². The summed E-state index contributed by atoms with van der Waals surface area (Å²) in [5.74, 6) is 3.91. The van der Waals surface area contributed by atoms with E-state index in [9.17, 15) is 0 Å². The van der Waals surface area contributed by atoms with Gasteiger partial charge in [-0.05, 0) is 55.5 Å². The van der Waals surface area contributed by atoms with Crippen LogP contribution in [0.3, 0.4) is 0 Å². The van der Waals surface area contributed by atoms with Gasteiger partial charge in [0.1, 0.15) is 18.1 Å². The topological polar surface area (TPSA) is 88.1 Å². The largest absolute Gasteiger partial charge is 0.494 e. The molecule has 0 radical (unpaired) electrons. The van der Waals surface area contributed by atoms with Gasteiger partial charge in [-0.2, -0.15) is 4.98 Å². The van der Waals surface area contributed by atoms with Gasteiger partial charge < -0.3 is 14.0 Å². The van der Waals surface area contributed by atoms with E-state index < -0.39 is 0 Å². The number of nitrogens with zero attached hydrogens (tertiary/aromatic N) is 5. The highest BCUT2D eigenvalue weighted by atomic mass is 35.5. The van der Waals surface area contributed by atoms with Gasteiger partial charge in [0.15, 0.2) is 16.8 Å². The van der Waals surface area contributed by atoms with Gasteiger partial charge in [-0.1, -0.05) is 35.4 Å². The molecule has 8 nitrogen and oxygen atoms in total. The van der Waals surface area contributed by atoms with Gasteiger partial charge in [-0.25, -0.2) is 0 Å². The monoisotopic (exact) mass is 471 g/mol. The second kappa shape index (κ2) is 10.5. The van der Waals surface area contributed by atoms with Crippen molar-refractivity contribution in [1.29, 1.82) is 0 Å². The number of hydrogen-bond acceptors (Lipinski definition) is 8. The lowest BCUT2D eigenvalue weighted by Crippen LogP contribution is -2.06. The minimum atomic E-state index is 0.242. The summed E-state index contributed by atoms with van der Waals surface area (Å²) >= 11 is 7.55. The van der Waals surface area contributed by atoms with Crippen LogP contribution in [0.1, 0.15) is 31.4 Å². The minimum Gasteiger partial charge on any atom is -0.494 e. The highest BCUT2D eigenvalue weighted by Gasteiger charge is 2.17. The molecule has 0 aliphatic carbocycles. The molecule has 0 aliphatic heterocycles. The van der Waals surface area contributed by atoms with Crippen molar-refractivity contribution in [2.75, 3.05) is 6.61 Å². The molecule has 0 spiro atoms. The first-order valence-electron chi connectivity index (χ1n) is 10.2. The highest BCUT2D eigenvalue weighted by molar-refractivity contribution is 7.98. The van der Waals surface area contributed by atoms with E-state index in [-0.39, 0.29) is 6.61 Å². The Balaban J connectivity index is 1.53. The average molecular weight is 472 g/mol. The lowest BCUT2D eigenvalue weighted by Gasteiger charge is -2.11. The average Bonchev–Trinajstić information content (AvgIpc) is 3.45. The molecule has 2 heterocycles. The van der Waals surface area contributed by atoms with Crippen molar-refractivity contribution >= 4 is 23.4 Å². The molecule has 0 saturated carbocycles. The number of aryl methyl sites for hydroxylation is 1. The van der Waals surface area contributed by atoms with Crippen LogP contribution < -0.4 is 9.47 Å². The smallest absolute Gasteiger partial charge is 0.226 e. The Morgan fingerprint density at radius 1 is 0.969 bits per heavy atom. The third kappa shape index (κ3) is 5.41. The standard InChI is InChI=1S/C22H22ClN5O3S/c1-3-21-24-19(27-31-21)14-32-22-26-25-20(28(22)16-7-5-15(23)6-8-16)13-30-18-11-9-17(10-12-18)29-4-2/h5-12H,3-4,13-14H2,1-2H3. The van der Waals surface area contributed by atoms with E-state index in [4.69, 9.17) is 25.6 Å². The fourth-order valence-electron chi connectivity index (χ4n) is 2.90. The first-order chi connectivity index (χ1) is 15.7. The van der Waals surface area contributed by atoms with Gasteiger partial charge in [0.25, 0.3) is 0 Å². The Hall–Kier alpha value is -3.04. The molecule has 4 aromatic rings. The van der Waals surface area contributed by atoms with E-state index in [0.717, 1.165) is 11.4 Å². The number of benzene rings is 2. The van der Waals surface area contributed by atoms with E-state index >= 15 is 0 Å². The summed E-state index contributed by atoms with van der Waals surface area (Å²) in [5, 5.41) is 14.1. The molecule has 0 atom stereocenters. The number of thioether (sulfide) groups is 1. The minimum absolute atomic E-state index is 0.242. The summed E-state index contributed by atoms with van der Waals surface area (Å²) in [4.78, 5) is 4.35. The number of aromatic nitrogens is 5. The molecule has 0 N–H and O–H groups in total. The second-order valence-corrected chi connectivity index (χ2v) is 8.03. The Kier molecular flexibility index (Phi) is 7.28. The molecule has 4 rings (SSSR count). The number of hydrogen-bond donors (Lipinski definition) is 0. The van der Waals surface area contributed by atoms with Gasteiger partial charge in [0.2, 0.25) is 5.89 Å². The molecule has 2 aromatic heterocycles. The summed E-state index contributed by atoms with van der Waals surface area (Å²) in [6.07, 6.45) is 0.700. The Labute approximate surface area is 194 Å². The third-order valence-electron chi connectivity index (χ3n) is 4.43. The van der Waals surface area contributed by atoms with E-state index in [1.807, 2.05) is 66.9 Å². The van der Waals surface area contributed by atoms with Crippen LogP contribution in [0.4, 0.5) is 0 Å². The van der Waals surface area contributed by atoms with Gasteiger partial charge in [0.05, 0.1) is 12.4 Å². The van der Waals surface area contributed by atoms with E-state index in [1.165, 1.54) is 11.8 Å². The lowest BCUT2D eigenvalue weighted by molar-refractivity contribution is 0.291. The number of rotatable bonds is 10. The summed E-state index contributed by atoms with van der Waals surface area (Å²) < 4.78 is 18.6. The van der Waals surface area contributed by atoms with Crippen molar-refractivity contribution in [2.45, 2.75) is 37.8 Å². The molecule has 0 saturated heterocycles. The van der Waals surface area contributed by atoms with Gasteiger partial charge >= 0.3 is 0 Å². The maximum atomic E-state index is 6.08. The van der Waals surface area contributed by atoms with Gasteiger partial charge in [-0.3, -0.25) is 4.57 Å². The van der Waals surface area contributed by atoms with Crippen LogP contribution in [0.15, 0.2) is 58.2 Å². The van der Waals surface area contributed by atoms with Crippen LogP contribution >= 0.6 is 23.4 Å². The van der Waals surface area contributed by atoms with Crippen molar-refractivity contribution in [3.8, 4) is 17.2 Å². The van der Waals surface area contributed by atoms with Crippen molar-refractivity contribution in [1.82, 2.24) is 24.9 Å². The Morgan fingerprint density at radius 2 is 1.69 bits per heavy atom. The van der Waals surface area contributed by atoms with Crippen LogP contribution in [0.5, 0.6) is 11.5 Å².